The molecule has 3 N–H and O–H groups in total. The Morgan fingerprint density at radius 2 is 2.00 bits per heavy atom. The average Bonchev–Trinajstić information content (AvgIpc) is 2.40. The second-order valence-corrected chi connectivity index (χ2v) is 4.07. The predicted octanol–water partition coefficient (Wildman–Crippen LogP) is 1.90. The van der Waals surface area contributed by atoms with Crippen LogP contribution in [0, 0.1) is 10.1 Å². The number of hydrogen-bond acceptors (Lipinski definition) is 6. The van der Waals surface area contributed by atoms with Crippen LogP contribution in [0.25, 0.3) is 0 Å². The van der Waals surface area contributed by atoms with E-state index in [4.69, 9.17) is 15.6 Å². The van der Waals surface area contributed by atoms with E-state index in [9.17, 15) is 10.1 Å². The minimum Gasteiger partial charge on any atom is -0.439 e. The van der Waals surface area contributed by atoms with Crippen molar-refractivity contribution in [3.8, 4) is 11.6 Å². The first-order valence-electron chi connectivity index (χ1n) is 5.88. The van der Waals surface area contributed by atoms with E-state index in [1.807, 2.05) is 0 Å². The number of aliphatic hydroxyl groups excluding tert-OH is 1. The van der Waals surface area contributed by atoms with Gasteiger partial charge >= 0.3 is 0 Å². The quantitative estimate of drug-likeness (QED) is 0.636. The fourth-order valence-electron chi connectivity index (χ4n) is 1.64. The van der Waals surface area contributed by atoms with Crippen molar-refractivity contribution in [2.75, 3.05) is 12.3 Å². The molecule has 0 atom stereocenters. The largest absolute Gasteiger partial charge is 0.439 e. The summed E-state index contributed by atoms with van der Waals surface area (Å²) < 4.78 is 5.43. The first kappa shape index (κ1) is 13.8. The van der Waals surface area contributed by atoms with E-state index in [1.165, 1.54) is 6.07 Å². The highest BCUT2D eigenvalue weighted by atomic mass is 16.6. The Hall–Kier alpha value is -2.67. The lowest BCUT2D eigenvalue weighted by Gasteiger charge is -2.06. The predicted molar refractivity (Wildman–Crippen MR) is 72.6 cm³/mol. The van der Waals surface area contributed by atoms with Gasteiger partial charge in [0.25, 0.3) is 5.69 Å². The maximum atomic E-state index is 10.7. The summed E-state index contributed by atoms with van der Waals surface area (Å²) in [4.78, 5) is 14.0. The van der Waals surface area contributed by atoms with Crippen LogP contribution in [0.15, 0.2) is 36.4 Å². The number of pyridine rings is 1. The number of rotatable bonds is 5. The summed E-state index contributed by atoms with van der Waals surface area (Å²) in [5, 5.41) is 19.5. The van der Waals surface area contributed by atoms with Crippen molar-refractivity contribution in [3.05, 3.63) is 52.1 Å². The molecule has 2 rings (SSSR count). The fourth-order valence-corrected chi connectivity index (χ4v) is 1.64. The van der Waals surface area contributed by atoms with Crippen LogP contribution < -0.4 is 10.5 Å². The third-order valence-corrected chi connectivity index (χ3v) is 2.56. The van der Waals surface area contributed by atoms with Crippen molar-refractivity contribution in [1.82, 2.24) is 4.98 Å². The first-order valence-corrected chi connectivity index (χ1v) is 5.88. The molecular formula is C13H13N3O4. The molecular weight excluding hydrogens is 262 g/mol. The number of hydrogen-bond donors (Lipinski definition) is 2. The van der Waals surface area contributed by atoms with Gasteiger partial charge in [0.2, 0.25) is 5.88 Å². The Balaban J connectivity index is 2.19. The van der Waals surface area contributed by atoms with Gasteiger partial charge in [-0.15, -0.1) is 0 Å². The standard InChI is InChI=1S/C13H13N3O4/c14-12-7-10(16(18)19)8-13(15-12)20-11-3-1-9(2-4-11)5-6-17/h1-4,7-8,17H,5-6H2,(H2,14,15). The minimum atomic E-state index is -0.560. The Kier molecular flexibility index (Phi) is 4.11. The lowest BCUT2D eigenvalue weighted by Crippen LogP contribution is -1.97. The summed E-state index contributed by atoms with van der Waals surface area (Å²) in [6.45, 7) is 0.0726. The molecule has 1 aromatic heterocycles. The van der Waals surface area contributed by atoms with Crippen LogP contribution in [0.3, 0.4) is 0 Å². The van der Waals surface area contributed by atoms with Gasteiger partial charge in [-0.2, -0.15) is 4.98 Å². The highest BCUT2D eigenvalue weighted by molar-refractivity contribution is 5.46. The number of anilines is 1. The Bertz CT molecular complexity index is 614. The normalized spacial score (nSPS) is 10.2. The van der Waals surface area contributed by atoms with Gasteiger partial charge in [-0.1, -0.05) is 12.1 Å². The maximum Gasteiger partial charge on any atom is 0.278 e. The van der Waals surface area contributed by atoms with Crippen molar-refractivity contribution in [2.45, 2.75) is 6.42 Å². The van der Waals surface area contributed by atoms with Crippen LogP contribution in [0.5, 0.6) is 11.6 Å². The van der Waals surface area contributed by atoms with Gasteiger partial charge in [0, 0.05) is 6.61 Å². The Morgan fingerprint density at radius 1 is 1.30 bits per heavy atom. The summed E-state index contributed by atoms with van der Waals surface area (Å²) >= 11 is 0. The fraction of sp³-hybridized carbons (Fsp3) is 0.154. The van der Waals surface area contributed by atoms with Crippen LogP contribution >= 0.6 is 0 Å². The SMILES string of the molecule is Nc1cc([N+](=O)[O-])cc(Oc2ccc(CCO)cc2)n1. The van der Waals surface area contributed by atoms with Crippen LogP contribution in [-0.2, 0) is 6.42 Å². The number of nitrogens with zero attached hydrogens (tertiary/aromatic N) is 2. The molecule has 0 aliphatic rings. The van der Waals surface area contributed by atoms with Gasteiger partial charge in [0.15, 0.2) is 0 Å². The van der Waals surface area contributed by atoms with Gasteiger partial charge in [-0.25, -0.2) is 0 Å². The van der Waals surface area contributed by atoms with Gasteiger partial charge in [0.1, 0.15) is 11.6 Å². The summed E-state index contributed by atoms with van der Waals surface area (Å²) in [7, 11) is 0. The molecule has 0 saturated heterocycles. The van der Waals surface area contributed by atoms with Crippen molar-refractivity contribution >= 4 is 11.5 Å². The summed E-state index contributed by atoms with van der Waals surface area (Å²) in [6, 6.07) is 9.36. The number of nitro groups is 1. The average molecular weight is 275 g/mol. The molecule has 0 spiro atoms. The van der Waals surface area contributed by atoms with Crippen molar-refractivity contribution in [2.24, 2.45) is 0 Å². The van der Waals surface area contributed by atoms with E-state index < -0.39 is 4.92 Å². The molecule has 7 nitrogen and oxygen atoms in total. The highest BCUT2D eigenvalue weighted by Crippen LogP contribution is 2.25. The molecule has 2 aromatic rings. The summed E-state index contributed by atoms with van der Waals surface area (Å²) in [5.74, 6) is 0.566. The van der Waals surface area contributed by atoms with Gasteiger partial charge in [0.05, 0.1) is 17.1 Å². The van der Waals surface area contributed by atoms with E-state index >= 15 is 0 Å². The van der Waals surface area contributed by atoms with Gasteiger partial charge < -0.3 is 15.6 Å². The van der Waals surface area contributed by atoms with E-state index in [2.05, 4.69) is 4.98 Å². The molecule has 20 heavy (non-hydrogen) atoms. The van der Waals surface area contributed by atoms with E-state index in [1.54, 1.807) is 24.3 Å². The van der Waals surface area contributed by atoms with Crippen molar-refractivity contribution in [3.63, 3.8) is 0 Å². The molecule has 0 saturated carbocycles. The summed E-state index contributed by atoms with van der Waals surface area (Å²) in [6.07, 6.45) is 0.558. The number of nitrogens with two attached hydrogens (primary N) is 1. The highest BCUT2D eigenvalue weighted by Gasteiger charge is 2.11. The van der Waals surface area contributed by atoms with Crippen molar-refractivity contribution < 1.29 is 14.8 Å². The molecule has 1 heterocycles. The Morgan fingerprint density at radius 3 is 2.60 bits per heavy atom. The topological polar surface area (TPSA) is 112 Å². The molecule has 7 heteroatoms. The second kappa shape index (κ2) is 5.98. The minimum absolute atomic E-state index is 0.0195. The number of aromatic nitrogens is 1. The zero-order valence-electron chi connectivity index (χ0n) is 10.5. The molecule has 0 bridgehead atoms. The third-order valence-electron chi connectivity index (χ3n) is 2.56. The Labute approximate surface area is 114 Å². The number of ether oxygens (including phenoxy) is 1. The molecule has 0 fully saturated rings. The van der Waals surface area contributed by atoms with E-state index in [0.29, 0.717) is 12.2 Å². The number of benzene rings is 1. The maximum absolute atomic E-state index is 10.7. The first-order chi connectivity index (χ1) is 9.58. The molecule has 0 aliphatic carbocycles. The van der Waals surface area contributed by atoms with Crippen LogP contribution in [0.4, 0.5) is 11.5 Å². The number of aliphatic hydroxyl groups is 1. The van der Waals surface area contributed by atoms with Crippen LogP contribution in [0.2, 0.25) is 0 Å². The van der Waals surface area contributed by atoms with E-state index in [0.717, 1.165) is 11.6 Å². The van der Waals surface area contributed by atoms with Crippen LogP contribution in [0.1, 0.15) is 5.56 Å². The summed E-state index contributed by atoms with van der Waals surface area (Å²) in [5.41, 5.74) is 6.28. The van der Waals surface area contributed by atoms with E-state index in [-0.39, 0.29) is 24.0 Å². The van der Waals surface area contributed by atoms with Gasteiger partial charge in [-0.3, -0.25) is 10.1 Å². The smallest absolute Gasteiger partial charge is 0.278 e. The zero-order chi connectivity index (χ0) is 14.5. The molecule has 0 amide bonds. The molecule has 0 radical (unpaired) electrons. The second-order valence-electron chi connectivity index (χ2n) is 4.07. The van der Waals surface area contributed by atoms with Crippen LogP contribution in [-0.4, -0.2) is 21.6 Å². The lowest BCUT2D eigenvalue weighted by atomic mass is 10.1. The molecule has 1 aromatic carbocycles. The molecule has 0 aliphatic heterocycles. The molecule has 0 unspecified atom stereocenters. The lowest BCUT2D eigenvalue weighted by molar-refractivity contribution is -0.384. The third kappa shape index (κ3) is 3.42. The molecule has 104 valence electrons. The van der Waals surface area contributed by atoms with Gasteiger partial charge in [-0.05, 0) is 24.1 Å². The monoisotopic (exact) mass is 275 g/mol. The zero-order valence-corrected chi connectivity index (χ0v) is 10.5. The number of nitrogen functional groups attached to an aromatic ring is 1. The van der Waals surface area contributed by atoms with Crippen molar-refractivity contribution in [1.29, 1.82) is 0 Å².